The third kappa shape index (κ3) is 5.43. The zero-order valence-electron chi connectivity index (χ0n) is 16.4. The fraction of sp³-hybridized carbons (Fsp3) is 0.458. The molecule has 1 amide bonds. The second-order valence-electron chi connectivity index (χ2n) is 7.56. The van der Waals surface area contributed by atoms with Crippen molar-refractivity contribution in [1.82, 2.24) is 10.2 Å². The molecule has 2 aromatic rings. The maximum Gasteiger partial charge on any atom is 0.224 e. The monoisotopic (exact) mass is 364 g/mol. The van der Waals surface area contributed by atoms with Crippen molar-refractivity contribution in [3.63, 3.8) is 0 Å². The summed E-state index contributed by atoms with van der Waals surface area (Å²) in [4.78, 5) is 15.2. The van der Waals surface area contributed by atoms with Crippen LogP contribution in [0.5, 0.6) is 0 Å². The first kappa shape index (κ1) is 19.6. The van der Waals surface area contributed by atoms with Gasteiger partial charge in [-0.3, -0.25) is 9.69 Å². The lowest BCUT2D eigenvalue weighted by atomic mass is 9.91. The van der Waals surface area contributed by atoms with Crippen molar-refractivity contribution in [3.8, 4) is 0 Å². The van der Waals surface area contributed by atoms with Gasteiger partial charge in [-0.05, 0) is 36.9 Å². The average molecular weight is 365 g/mol. The number of nitrogens with zero attached hydrogens (tertiary/aromatic N) is 1. The van der Waals surface area contributed by atoms with Gasteiger partial charge in [-0.2, -0.15) is 0 Å². The molecule has 1 fully saturated rings. The van der Waals surface area contributed by atoms with Crippen molar-refractivity contribution in [2.45, 2.75) is 45.1 Å². The molecule has 0 bridgehead atoms. The van der Waals surface area contributed by atoms with Crippen LogP contribution in [0.4, 0.5) is 0 Å². The molecular formula is C24H32N2O. The molecule has 0 radical (unpaired) electrons. The highest BCUT2D eigenvalue weighted by Crippen LogP contribution is 2.32. The third-order valence-electron chi connectivity index (χ3n) is 5.50. The SMILES string of the molecule is CCCCCNC(=O)C1CCCN(C(c2ccccc2)c2ccccc2)C1. The average Bonchev–Trinajstić information content (AvgIpc) is 2.73. The van der Waals surface area contributed by atoms with Gasteiger partial charge in [0.25, 0.3) is 0 Å². The van der Waals surface area contributed by atoms with Gasteiger partial charge in [0.2, 0.25) is 5.91 Å². The number of piperidine rings is 1. The van der Waals surface area contributed by atoms with E-state index in [0.717, 1.165) is 38.9 Å². The van der Waals surface area contributed by atoms with Crippen LogP contribution in [-0.4, -0.2) is 30.4 Å². The molecular weight excluding hydrogens is 332 g/mol. The number of likely N-dealkylation sites (tertiary alicyclic amines) is 1. The standard InChI is InChI=1S/C24H32N2O/c1-2-3-10-17-25-24(27)22-16-11-18-26(19-22)23(20-12-6-4-7-13-20)21-14-8-5-9-15-21/h4-9,12-15,22-23H,2-3,10-11,16-19H2,1H3,(H,25,27). The number of nitrogens with one attached hydrogen (secondary N) is 1. The number of carbonyl (C=O) groups is 1. The van der Waals surface area contributed by atoms with Gasteiger partial charge in [-0.15, -0.1) is 0 Å². The van der Waals surface area contributed by atoms with Gasteiger partial charge in [0.15, 0.2) is 0 Å². The van der Waals surface area contributed by atoms with Crippen molar-refractivity contribution in [2.24, 2.45) is 5.92 Å². The molecule has 0 aromatic heterocycles. The molecule has 0 aliphatic carbocycles. The van der Waals surface area contributed by atoms with Gasteiger partial charge in [0, 0.05) is 13.1 Å². The van der Waals surface area contributed by atoms with E-state index in [2.05, 4.69) is 77.8 Å². The zero-order valence-corrected chi connectivity index (χ0v) is 16.4. The Kier molecular flexibility index (Phi) is 7.46. The first-order chi connectivity index (χ1) is 13.3. The summed E-state index contributed by atoms with van der Waals surface area (Å²) in [6.07, 6.45) is 5.51. The van der Waals surface area contributed by atoms with E-state index >= 15 is 0 Å². The Labute approximate surface area is 163 Å². The molecule has 1 atom stereocenters. The predicted octanol–water partition coefficient (Wildman–Crippen LogP) is 4.79. The fourth-order valence-corrected chi connectivity index (χ4v) is 4.07. The third-order valence-corrected chi connectivity index (χ3v) is 5.50. The van der Waals surface area contributed by atoms with E-state index in [4.69, 9.17) is 0 Å². The minimum atomic E-state index is 0.0929. The Morgan fingerprint density at radius 3 is 2.26 bits per heavy atom. The largest absolute Gasteiger partial charge is 0.356 e. The van der Waals surface area contributed by atoms with Gasteiger partial charge < -0.3 is 5.32 Å². The Balaban J connectivity index is 1.72. The fourth-order valence-electron chi connectivity index (χ4n) is 4.07. The van der Waals surface area contributed by atoms with E-state index in [0.29, 0.717) is 0 Å². The predicted molar refractivity (Wildman–Crippen MR) is 112 cm³/mol. The Morgan fingerprint density at radius 1 is 1.04 bits per heavy atom. The van der Waals surface area contributed by atoms with Gasteiger partial charge >= 0.3 is 0 Å². The number of carbonyl (C=O) groups excluding carboxylic acids is 1. The van der Waals surface area contributed by atoms with Crippen molar-refractivity contribution < 1.29 is 4.79 Å². The van der Waals surface area contributed by atoms with E-state index in [1.165, 1.54) is 24.0 Å². The highest BCUT2D eigenvalue weighted by Gasteiger charge is 2.31. The lowest BCUT2D eigenvalue weighted by molar-refractivity contribution is -0.126. The van der Waals surface area contributed by atoms with Crippen molar-refractivity contribution >= 4 is 5.91 Å². The first-order valence-electron chi connectivity index (χ1n) is 10.4. The van der Waals surface area contributed by atoms with Crippen molar-refractivity contribution in [2.75, 3.05) is 19.6 Å². The van der Waals surface area contributed by atoms with Crippen LogP contribution in [0.1, 0.15) is 56.2 Å². The summed E-state index contributed by atoms with van der Waals surface area (Å²) in [5.41, 5.74) is 2.60. The minimum Gasteiger partial charge on any atom is -0.356 e. The van der Waals surface area contributed by atoms with Crippen LogP contribution >= 0.6 is 0 Å². The molecule has 1 aliphatic heterocycles. The summed E-state index contributed by atoms with van der Waals surface area (Å²) in [7, 11) is 0. The molecule has 1 aliphatic rings. The molecule has 2 aromatic carbocycles. The maximum atomic E-state index is 12.7. The molecule has 1 saturated heterocycles. The van der Waals surface area contributed by atoms with Gasteiger partial charge in [0.1, 0.15) is 0 Å². The minimum absolute atomic E-state index is 0.0929. The van der Waals surface area contributed by atoms with E-state index in [1.54, 1.807) is 0 Å². The number of rotatable bonds is 8. The van der Waals surface area contributed by atoms with Crippen molar-refractivity contribution in [1.29, 1.82) is 0 Å². The number of unbranched alkanes of at least 4 members (excludes halogenated alkanes) is 2. The van der Waals surface area contributed by atoms with E-state index in [9.17, 15) is 4.79 Å². The smallest absolute Gasteiger partial charge is 0.224 e. The van der Waals surface area contributed by atoms with Crippen LogP contribution in [-0.2, 0) is 4.79 Å². The molecule has 3 nitrogen and oxygen atoms in total. The summed E-state index contributed by atoms with van der Waals surface area (Å²) in [6, 6.07) is 21.6. The van der Waals surface area contributed by atoms with Gasteiger partial charge in [-0.25, -0.2) is 0 Å². The number of benzene rings is 2. The second-order valence-corrected chi connectivity index (χ2v) is 7.56. The van der Waals surface area contributed by atoms with Crippen LogP contribution in [0, 0.1) is 5.92 Å². The summed E-state index contributed by atoms with van der Waals surface area (Å²) < 4.78 is 0. The lowest BCUT2D eigenvalue weighted by Crippen LogP contribution is -2.44. The Bertz CT molecular complexity index is 647. The summed E-state index contributed by atoms with van der Waals surface area (Å²) in [6.45, 7) is 4.86. The molecule has 3 rings (SSSR count). The van der Waals surface area contributed by atoms with E-state index in [1.807, 2.05) is 0 Å². The zero-order chi connectivity index (χ0) is 18.9. The highest BCUT2D eigenvalue weighted by atomic mass is 16.1. The lowest BCUT2D eigenvalue weighted by Gasteiger charge is -2.38. The topological polar surface area (TPSA) is 32.3 Å². The molecule has 1 N–H and O–H groups in total. The summed E-state index contributed by atoms with van der Waals surface area (Å²) >= 11 is 0. The maximum absolute atomic E-state index is 12.7. The van der Waals surface area contributed by atoms with Gasteiger partial charge in [0.05, 0.1) is 12.0 Å². The summed E-state index contributed by atoms with van der Waals surface area (Å²) in [5, 5.41) is 3.16. The van der Waals surface area contributed by atoms with Crippen LogP contribution in [0.15, 0.2) is 60.7 Å². The molecule has 144 valence electrons. The number of hydrogen-bond acceptors (Lipinski definition) is 2. The van der Waals surface area contributed by atoms with Crippen molar-refractivity contribution in [3.05, 3.63) is 71.8 Å². The van der Waals surface area contributed by atoms with Crippen LogP contribution in [0.25, 0.3) is 0 Å². The molecule has 0 spiro atoms. The molecule has 27 heavy (non-hydrogen) atoms. The number of hydrogen-bond donors (Lipinski definition) is 1. The Morgan fingerprint density at radius 2 is 1.67 bits per heavy atom. The molecule has 3 heteroatoms. The highest BCUT2D eigenvalue weighted by molar-refractivity contribution is 5.78. The van der Waals surface area contributed by atoms with Gasteiger partial charge in [-0.1, -0.05) is 80.4 Å². The van der Waals surface area contributed by atoms with Crippen LogP contribution in [0.3, 0.4) is 0 Å². The first-order valence-corrected chi connectivity index (χ1v) is 10.4. The molecule has 1 unspecified atom stereocenters. The van der Waals surface area contributed by atoms with Crippen LogP contribution < -0.4 is 5.32 Å². The summed E-state index contributed by atoms with van der Waals surface area (Å²) in [5.74, 6) is 0.325. The molecule has 0 saturated carbocycles. The second kappa shape index (κ2) is 10.3. The number of amides is 1. The molecule has 1 heterocycles. The normalized spacial score (nSPS) is 17.8. The Hall–Kier alpha value is -2.13. The van der Waals surface area contributed by atoms with E-state index < -0.39 is 0 Å². The quantitative estimate of drug-likeness (QED) is 0.683. The van der Waals surface area contributed by atoms with Crippen LogP contribution in [0.2, 0.25) is 0 Å². The van der Waals surface area contributed by atoms with E-state index in [-0.39, 0.29) is 17.9 Å².